The molecule has 0 heterocycles. The van der Waals surface area contributed by atoms with Gasteiger partial charge in [0.05, 0.1) is 0 Å². The largest absolute Gasteiger partial charge is 0.0683 e. The van der Waals surface area contributed by atoms with Gasteiger partial charge in [-0.3, -0.25) is 0 Å². The molecule has 142 valence electrons. The Balaban J connectivity index is 0.00000117. The molecule has 0 heteroatoms. The van der Waals surface area contributed by atoms with Crippen LogP contribution in [-0.2, 0) is 12.8 Å². The number of benzene rings is 2. The predicted octanol–water partition coefficient (Wildman–Crippen LogP) is 7.95. The van der Waals surface area contributed by atoms with Crippen LogP contribution in [0.25, 0.3) is 11.1 Å². The van der Waals surface area contributed by atoms with Crippen molar-refractivity contribution < 1.29 is 0 Å². The highest BCUT2D eigenvalue weighted by Crippen LogP contribution is 2.65. The zero-order valence-electron chi connectivity index (χ0n) is 18.0. The average Bonchev–Trinajstić information content (AvgIpc) is 3.32. The number of rotatable bonds is 6. The van der Waals surface area contributed by atoms with Gasteiger partial charge in [0.15, 0.2) is 0 Å². The third kappa shape index (κ3) is 4.05. The van der Waals surface area contributed by atoms with Gasteiger partial charge >= 0.3 is 0 Å². The van der Waals surface area contributed by atoms with Gasteiger partial charge in [-0.15, -0.1) is 0 Å². The smallest absolute Gasteiger partial charge is 0.0184 e. The Morgan fingerprint density at radius 1 is 0.885 bits per heavy atom. The van der Waals surface area contributed by atoms with Crippen LogP contribution in [0.4, 0.5) is 0 Å². The fourth-order valence-corrected chi connectivity index (χ4v) is 4.35. The van der Waals surface area contributed by atoms with Crippen molar-refractivity contribution in [2.45, 2.75) is 74.1 Å². The van der Waals surface area contributed by atoms with E-state index < -0.39 is 0 Å². The van der Waals surface area contributed by atoms with E-state index in [1.54, 1.807) is 0 Å². The molecule has 0 bridgehead atoms. The zero-order valence-corrected chi connectivity index (χ0v) is 18.0. The van der Waals surface area contributed by atoms with Crippen molar-refractivity contribution in [2.24, 2.45) is 16.7 Å². The quantitative estimate of drug-likeness (QED) is 0.496. The minimum absolute atomic E-state index is 0.413. The van der Waals surface area contributed by atoms with E-state index in [4.69, 9.17) is 0 Å². The minimum atomic E-state index is 0.413. The van der Waals surface area contributed by atoms with Gasteiger partial charge < -0.3 is 0 Å². The Kier molecular flexibility index (Phi) is 6.72. The summed E-state index contributed by atoms with van der Waals surface area (Å²) in [6.07, 6.45) is 4.94. The van der Waals surface area contributed by atoms with E-state index in [9.17, 15) is 0 Å². The Morgan fingerprint density at radius 2 is 1.31 bits per heavy atom. The third-order valence-electron chi connectivity index (χ3n) is 7.06. The molecule has 1 aliphatic rings. The molecule has 1 saturated carbocycles. The molecule has 0 amide bonds. The molecule has 0 aromatic heterocycles. The van der Waals surface area contributed by atoms with Crippen molar-refractivity contribution in [2.75, 3.05) is 0 Å². The Labute approximate surface area is 162 Å². The van der Waals surface area contributed by atoms with Gasteiger partial charge in [-0.1, -0.05) is 97.0 Å². The lowest BCUT2D eigenvalue weighted by atomic mass is 9.68. The molecule has 0 N–H and O–H groups in total. The molecule has 0 radical (unpaired) electrons. The molecule has 1 aliphatic carbocycles. The summed E-state index contributed by atoms with van der Waals surface area (Å²) in [4.78, 5) is 0. The number of aryl methyl sites for hydroxylation is 1. The minimum Gasteiger partial charge on any atom is -0.0683 e. The van der Waals surface area contributed by atoms with Crippen molar-refractivity contribution >= 4 is 0 Å². The van der Waals surface area contributed by atoms with E-state index >= 15 is 0 Å². The predicted molar refractivity (Wildman–Crippen MR) is 117 cm³/mol. The average molecular weight is 351 g/mol. The standard InChI is InChI=1S/C24H32.C2H6/c1-6-19-8-12-21(13-9-19)22-14-10-20(11-15-22)17-23(4,7-2)24(5)16-18(24)3;1-2/h8-15,18H,6-7,16-17H2,1-5H3;1-2H3/t18-,23?,24-;/m0./s1. The third-order valence-corrected chi connectivity index (χ3v) is 7.06. The lowest BCUT2D eigenvalue weighted by Gasteiger charge is -2.36. The maximum absolute atomic E-state index is 2.49. The van der Waals surface area contributed by atoms with Crippen LogP contribution in [0.15, 0.2) is 48.5 Å². The van der Waals surface area contributed by atoms with Crippen LogP contribution in [-0.4, -0.2) is 0 Å². The van der Waals surface area contributed by atoms with Crippen molar-refractivity contribution in [1.29, 1.82) is 0 Å². The van der Waals surface area contributed by atoms with Gasteiger partial charge in [0, 0.05) is 0 Å². The van der Waals surface area contributed by atoms with Crippen LogP contribution >= 0.6 is 0 Å². The van der Waals surface area contributed by atoms with E-state index in [2.05, 4.69) is 83.1 Å². The SMILES string of the molecule is CC.CCc1ccc(-c2ccc(CC(C)(CC)[C@@]3(C)C[C@@H]3C)cc2)cc1. The van der Waals surface area contributed by atoms with Crippen LogP contribution in [0.3, 0.4) is 0 Å². The van der Waals surface area contributed by atoms with Crippen molar-refractivity contribution in [3.8, 4) is 11.1 Å². The van der Waals surface area contributed by atoms with Gasteiger partial charge in [-0.05, 0) is 64.7 Å². The van der Waals surface area contributed by atoms with E-state index in [1.807, 2.05) is 13.8 Å². The van der Waals surface area contributed by atoms with Crippen molar-refractivity contribution in [1.82, 2.24) is 0 Å². The molecule has 0 nitrogen and oxygen atoms in total. The molecule has 0 saturated heterocycles. The van der Waals surface area contributed by atoms with Crippen LogP contribution in [0.1, 0.15) is 72.4 Å². The summed E-state index contributed by atoms with van der Waals surface area (Å²) in [5.74, 6) is 0.874. The van der Waals surface area contributed by atoms with Gasteiger partial charge in [0.1, 0.15) is 0 Å². The lowest BCUT2D eigenvalue weighted by Crippen LogP contribution is -2.30. The number of hydrogen-bond acceptors (Lipinski definition) is 0. The Hall–Kier alpha value is -1.56. The Bertz CT molecular complexity index is 679. The first-order valence-corrected chi connectivity index (χ1v) is 10.6. The maximum Gasteiger partial charge on any atom is -0.0184 e. The lowest BCUT2D eigenvalue weighted by molar-refractivity contribution is 0.154. The van der Waals surface area contributed by atoms with Crippen LogP contribution in [0.2, 0.25) is 0 Å². The first-order valence-electron chi connectivity index (χ1n) is 10.6. The highest BCUT2D eigenvalue weighted by Gasteiger charge is 2.57. The van der Waals surface area contributed by atoms with Crippen LogP contribution < -0.4 is 0 Å². The highest BCUT2D eigenvalue weighted by atomic mass is 14.6. The maximum atomic E-state index is 2.49. The summed E-state index contributed by atoms with van der Waals surface area (Å²) in [6, 6.07) is 18.3. The molecule has 2 aromatic carbocycles. The molecule has 1 unspecified atom stereocenters. The van der Waals surface area contributed by atoms with Gasteiger partial charge in [-0.25, -0.2) is 0 Å². The second-order valence-corrected chi connectivity index (χ2v) is 8.36. The van der Waals surface area contributed by atoms with Gasteiger partial charge in [0.25, 0.3) is 0 Å². The molecule has 3 atom stereocenters. The van der Waals surface area contributed by atoms with E-state index in [0.717, 1.165) is 12.3 Å². The first-order chi connectivity index (χ1) is 12.4. The summed E-state index contributed by atoms with van der Waals surface area (Å²) in [6.45, 7) is 16.0. The van der Waals surface area contributed by atoms with Gasteiger partial charge in [-0.2, -0.15) is 0 Å². The summed E-state index contributed by atoms with van der Waals surface area (Å²) in [7, 11) is 0. The van der Waals surface area contributed by atoms with Crippen molar-refractivity contribution in [3.05, 3.63) is 59.7 Å². The molecule has 26 heavy (non-hydrogen) atoms. The fourth-order valence-electron chi connectivity index (χ4n) is 4.35. The van der Waals surface area contributed by atoms with Crippen LogP contribution in [0.5, 0.6) is 0 Å². The van der Waals surface area contributed by atoms with Crippen molar-refractivity contribution in [3.63, 3.8) is 0 Å². The van der Waals surface area contributed by atoms with E-state index in [1.165, 1.54) is 41.5 Å². The molecule has 0 aliphatic heterocycles. The summed E-state index contributed by atoms with van der Waals surface area (Å²) >= 11 is 0. The Morgan fingerprint density at radius 3 is 1.65 bits per heavy atom. The zero-order chi connectivity index (χ0) is 19.4. The normalized spacial score (nSPS) is 23.6. The second kappa shape index (κ2) is 8.42. The summed E-state index contributed by atoms with van der Waals surface area (Å²) in [5, 5.41) is 0. The molecule has 3 rings (SSSR count). The fraction of sp³-hybridized carbons (Fsp3) is 0.538. The van der Waals surface area contributed by atoms with Crippen LogP contribution in [0, 0.1) is 16.7 Å². The first kappa shape index (κ1) is 20.7. The molecular formula is C26H38. The molecule has 1 fully saturated rings. The number of hydrogen-bond donors (Lipinski definition) is 0. The van der Waals surface area contributed by atoms with E-state index in [0.29, 0.717) is 10.8 Å². The monoisotopic (exact) mass is 350 g/mol. The molecule has 0 spiro atoms. The van der Waals surface area contributed by atoms with E-state index in [-0.39, 0.29) is 0 Å². The highest BCUT2D eigenvalue weighted by molar-refractivity contribution is 5.64. The molecule has 2 aromatic rings. The summed E-state index contributed by atoms with van der Waals surface area (Å²) < 4.78 is 0. The second-order valence-electron chi connectivity index (χ2n) is 8.36. The topological polar surface area (TPSA) is 0 Å². The van der Waals surface area contributed by atoms with Gasteiger partial charge in [0.2, 0.25) is 0 Å². The molecular weight excluding hydrogens is 312 g/mol. The summed E-state index contributed by atoms with van der Waals surface area (Å²) in [5.41, 5.74) is 6.47.